The summed E-state index contributed by atoms with van der Waals surface area (Å²) in [5, 5.41) is 8.98. The van der Waals surface area contributed by atoms with Crippen molar-refractivity contribution < 1.29 is 37.1 Å². The highest BCUT2D eigenvalue weighted by atomic mass is 32.2. The molecule has 1 aromatic heterocycles. The monoisotopic (exact) mass is 409 g/mol. The SMILES string of the molecule is Cc1occc1C(=O)NNS(=O)(=O)c1ccc2c(c1)N(CC(=O)O)C(=O)CO2. The predicted octanol–water partition coefficient (Wildman–Crippen LogP) is 0.0213. The lowest BCUT2D eigenvalue weighted by Crippen LogP contribution is -2.43. The Morgan fingerprint density at radius 1 is 1.29 bits per heavy atom. The molecule has 0 atom stereocenters. The Labute approximate surface area is 158 Å². The van der Waals surface area contributed by atoms with Gasteiger partial charge in [0.1, 0.15) is 18.1 Å². The van der Waals surface area contributed by atoms with Gasteiger partial charge in [0.25, 0.3) is 21.8 Å². The quantitative estimate of drug-likeness (QED) is 0.564. The summed E-state index contributed by atoms with van der Waals surface area (Å²) >= 11 is 0. The van der Waals surface area contributed by atoms with Gasteiger partial charge in [0.05, 0.1) is 22.4 Å². The van der Waals surface area contributed by atoms with Crippen LogP contribution >= 0.6 is 0 Å². The molecule has 0 aliphatic carbocycles. The summed E-state index contributed by atoms with van der Waals surface area (Å²) < 4.78 is 35.1. The normalized spacial score (nSPS) is 13.6. The van der Waals surface area contributed by atoms with Crippen molar-refractivity contribution in [3.8, 4) is 5.75 Å². The third kappa shape index (κ3) is 3.82. The number of nitrogens with one attached hydrogen (secondary N) is 2. The number of carboxylic acid groups (broad SMARTS) is 1. The van der Waals surface area contributed by atoms with E-state index in [1.54, 1.807) is 6.92 Å². The minimum Gasteiger partial charge on any atom is -0.482 e. The van der Waals surface area contributed by atoms with Gasteiger partial charge in [-0.15, -0.1) is 4.83 Å². The first kappa shape index (κ1) is 19.4. The van der Waals surface area contributed by atoms with Gasteiger partial charge in [0.15, 0.2) is 6.61 Å². The van der Waals surface area contributed by atoms with E-state index < -0.39 is 34.4 Å². The predicted molar refractivity (Wildman–Crippen MR) is 93.2 cm³/mol. The molecular weight excluding hydrogens is 394 g/mol. The van der Waals surface area contributed by atoms with Gasteiger partial charge in [-0.25, -0.2) is 8.42 Å². The molecule has 0 radical (unpaired) electrons. The third-order valence-electron chi connectivity index (χ3n) is 3.88. The first-order valence-corrected chi connectivity index (χ1v) is 9.32. The van der Waals surface area contributed by atoms with Crippen molar-refractivity contribution in [3.63, 3.8) is 0 Å². The van der Waals surface area contributed by atoms with Crippen molar-refractivity contribution in [2.45, 2.75) is 11.8 Å². The number of fused-ring (bicyclic) bond motifs is 1. The van der Waals surface area contributed by atoms with Gasteiger partial charge in [0.2, 0.25) is 0 Å². The maximum absolute atomic E-state index is 12.5. The summed E-state index contributed by atoms with van der Waals surface area (Å²) in [6, 6.07) is 4.97. The zero-order valence-electron chi connectivity index (χ0n) is 14.5. The van der Waals surface area contributed by atoms with Gasteiger partial charge in [-0.1, -0.05) is 0 Å². The molecular formula is C16H15N3O8S. The van der Waals surface area contributed by atoms with Crippen molar-refractivity contribution in [1.82, 2.24) is 10.3 Å². The minimum absolute atomic E-state index is 0.00136. The molecule has 0 fully saturated rings. The van der Waals surface area contributed by atoms with Gasteiger partial charge in [-0.05, 0) is 31.2 Å². The lowest BCUT2D eigenvalue weighted by Gasteiger charge is -2.28. The number of benzene rings is 1. The number of hydrogen-bond acceptors (Lipinski definition) is 7. The number of rotatable bonds is 6. The van der Waals surface area contributed by atoms with Crippen molar-refractivity contribution in [2.75, 3.05) is 18.1 Å². The number of aliphatic carboxylic acids is 1. The molecule has 148 valence electrons. The Morgan fingerprint density at radius 2 is 2.04 bits per heavy atom. The highest BCUT2D eigenvalue weighted by molar-refractivity contribution is 7.89. The van der Waals surface area contributed by atoms with E-state index >= 15 is 0 Å². The number of hydrazine groups is 1. The van der Waals surface area contributed by atoms with Crippen LogP contribution in [0.4, 0.5) is 5.69 Å². The minimum atomic E-state index is -4.22. The highest BCUT2D eigenvalue weighted by Crippen LogP contribution is 2.34. The fraction of sp³-hybridized carbons (Fsp3) is 0.188. The molecule has 11 nitrogen and oxygen atoms in total. The third-order valence-corrected chi connectivity index (χ3v) is 5.12. The number of amides is 2. The molecule has 1 aromatic carbocycles. The zero-order valence-corrected chi connectivity index (χ0v) is 15.3. The van der Waals surface area contributed by atoms with Gasteiger partial charge in [-0.3, -0.25) is 24.7 Å². The largest absolute Gasteiger partial charge is 0.482 e. The van der Waals surface area contributed by atoms with Crippen LogP contribution in [0, 0.1) is 6.92 Å². The van der Waals surface area contributed by atoms with Crippen molar-refractivity contribution in [3.05, 3.63) is 41.9 Å². The van der Waals surface area contributed by atoms with Crippen molar-refractivity contribution in [1.29, 1.82) is 0 Å². The van der Waals surface area contributed by atoms with E-state index in [1.807, 2.05) is 4.83 Å². The number of aryl methyl sites for hydroxylation is 1. The van der Waals surface area contributed by atoms with Crippen LogP contribution in [0.25, 0.3) is 0 Å². The molecule has 0 saturated heterocycles. The van der Waals surface area contributed by atoms with Gasteiger partial charge in [0, 0.05) is 0 Å². The molecule has 3 rings (SSSR count). The average molecular weight is 409 g/mol. The molecule has 1 aliphatic heterocycles. The Bertz CT molecular complexity index is 1060. The number of carbonyl (C=O) groups excluding carboxylic acids is 2. The molecule has 28 heavy (non-hydrogen) atoms. The number of anilines is 1. The summed E-state index contributed by atoms with van der Waals surface area (Å²) in [6.45, 7) is 0.536. The van der Waals surface area contributed by atoms with E-state index in [9.17, 15) is 22.8 Å². The molecule has 12 heteroatoms. The number of hydrogen-bond donors (Lipinski definition) is 3. The second kappa shape index (κ2) is 7.32. The summed E-state index contributed by atoms with van der Waals surface area (Å²) in [6.07, 6.45) is 1.29. The van der Waals surface area contributed by atoms with Crippen LogP contribution in [0.5, 0.6) is 5.75 Å². The number of carboxylic acids is 1. The zero-order chi connectivity index (χ0) is 20.5. The number of nitrogens with zero attached hydrogens (tertiary/aromatic N) is 1. The lowest BCUT2D eigenvalue weighted by molar-refractivity contribution is -0.137. The van der Waals surface area contributed by atoms with E-state index in [1.165, 1.54) is 24.5 Å². The second-order valence-electron chi connectivity index (χ2n) is 5.74. The number of carbonyl (C=O) groups is 3. The Kier molecular flexibility index (Phi) is 5.07. The van der Waals surface area contributed by atoms with Crippen LogP contribution in [0.3, 0.4) is 0 Å². The van der Waals surface area contributed by atoms with Crippen LogP contribution < -0.4 is 19.9 Å². The molecule has 2 aromatic rings. The van der Waals surface area contributed by atoms with Gasteiger partial charge < -0.3 is 14.3 Å². The smallest absolute Gasteiger partial charge is 0.323 e. The van der Waals surface area contributed by atoms with Gasteiger partial charge >= 0.3 is 5.97 Å². The molecule has 0 unspecified atom stereocenters. The van der Waals surface area contributed by atoms with E-state index in [0.29, 0.717) is 5.76 Å². The summed E-state index contributed by atoms with van der Waals surface area (Å²) in [5.41, 5.74) is 2.21. The van der Waals surface area contributed by atoms with E-state index in [-0.39, 0.29) is 28.5 Å². The number of sulfonamides is 1. The molecule has 0 saturated carbocycles. The number of furan rings is 1. The van der Waals surface area contributed by atoms with Crippen LogP contribution in [0.1, 0.15) is 16.1 Å². The maximum atomic E-state index is 12.5. The highest BCUT2D eigenvalue weighted by Gasteiger charge is 2.29. The first-order valence-electron chi connectivity index (χ1n) is 7.84. The maximum Gasteiger partial charge on any atom is 0.323 e. The van der Waals surface area contributed by atoms with Gasteiger partial charge in [-0.2, -0.15) is 0 Å². The molecule has 0 bridgehead atoms. The average Bonchev–Trinajstić information content (AvgIpc) is 3.07. The molecule has 2 amide bonds. The van der Waals surface area contributed by atoms with Crippen molar-refractivity contribution in [2.24, 2.45) is 0 Å². The van der Waals surface area contributed by atoms with Crippen LogP contribution in [0.15, 0.2) is 39.8 Å². The van der Waals surface area contributed by atoms with E-state index in [0.717, 1.165) is 11.0 Å². The molecule has 1 aliphatic rings. The lowest BCUT2D eigenvalue weighted by atomic mass is 10.2. The standard InChI is InChI=1S/C16H15N3O8S/c1-9-11(4-5-26-9)16(23)17-18-28(24,25)10-2-3-13-12(6-10)19(7-15(21)22)14(20)8-27-13/h2-6,18H,7-8H2,1H3,(H,17,23)(H,21,22). The van der Waals surface area contributed by atoms with Crippen LogP contribution in [-0.4, -0.2) is 44.5 Å². The topological polar surface area (TPSA) is 155 Å². The summed E-state index contributed by atoms with van der Waals surface area (Å²) in [7, 11) is -4.22. The van der Waals surface area contributed by atoms with E-state index in [4.69, 9.17) is 14.3 Å². The van der Waals surface area contributed by atoms with Crippen LogP contribution in [-0.2, 0) is 19.6 Å². The first-order chi connectivity index (χ1) is 13.2. The molecule has 3 N–H and O–H groups in total. The fourth-order valence-corrected chi connectivity index (χ4v) is 3.38. The van der Waals surface area contributed by atoms with E-state index in [2.05, 4.69) is 5.43 Å². The molecule has 0 spiro atoms. The second-order valence-corrected chi connectivity index (χ2v) is 7.42. The number of ether oxygens (including phenoxy) is 1. The Hall–Kier alpha value is -3.38. The molecule has 2 heterocycles. The summed E-state index contributed by atoms with van der Waals surface area (Å²) in [4.78, 5) is 37.5. The van der Waals surface area contributed by atoms with Crippen LogP contribution in [0.2, 0.25) is 0 Å². The Balaban J connectivity index is 1.84. The summed E-state index contributed by atoms with van der Waals surface area (Å²) in [5.74, 6) is -2.14. The fourth-order valence-electron chi connectivity index (χ4n) is 2.52. The van der Waals surface area contributed by atoms with Crippen molar-refractivity contribution >= 4 is 33.5 Å². The Morgan fingerprint density at radius 3 is 2.68 bits per heavy atom.